The number of aromatic nitrogens is 2. The molecular weight excluding hydrogens is 200 g/mol. The smallest absolute Gasteiger partial charge is 0.140 e. The van der Waals surface area contributed by atoms with Crippen molar-refractivity contribution in [3.63, 3.8) is 0 Å². The Kier molecular flexibility index (Phi) is 2.69. The molecule has 84 valence electrons. The number of phenols is 1. The van der Waals surface area contributed by atoms with Gasteiger partial charge in [-0.3, -0.25) is 0 Å². The van der Waals surface area contributed by atoms with Gasteiger partial charge in [0.2, 0.25) is 0 Å². The van der Waals surface area contributed by atoms with Gasteiger partial charge in [0, 0.05) is 17.8 Å². The van der Waals surface area contributed by atoms with Crippen LogP contribution in [0.1, 0.15) is 25.6 Å². The minimum absolute atomic E-state index is 0.272. The Hall–Kier alpha value is -1.77. The minimum Gasteiger partial charge on any atom is -0.508 e. The van der Waals surface area contributed by atoms with Gasteiger partial charge in [-0.25, -0.2) is 4.98 Å². The highest BCUT2D eigenvalue weighted by molar-refractivity contribution is 5.58. The predicted octanol–water partition coefficient (Wildman–Crippen LogP) is 3.15. The third-order valence-corrected chi connectivity index (χ3v) is 2.51. The van der Waals surface area contributed by atoms with Crippen LogP contribution in [0, 0.1) is 6.92 Å². The van der Waals surface area contributed by atoms with E-state index in [4.69, 9.17) is 0 Å². The Morgan fingerprint density at radius 1 is 1.31 bits per heavy atom. The zero-order chi connectivity index (χ0) is 11.7. The number of hydrogen-bond acceptors (Lipinski definition) is 2. The fraction of sp³-hybridized carbons (Fsp3) is 0.308. The second-order valence-electron chi connectivity index (χ2n) is 4.26. The number of rotatable bonds is 2. The van der Waals surface area contributed by atoms with Crippen molar-refractivity contribution in [1.29, 1.82) is 0 Å². The molecule has 0 unspecified atom stereocenters. The number of aryl methyl sites for hydroxylation is 1. The zero-order valence-corrected chi connectivity index (χ0v) is 9.81. The van der Waals surface area contributed by atoms with Crippen LogP contribution in [0.2, 0.25) is 0 Å². The lowest BCUT2D eigenvalue weighted by molar-refractivity contribution is 0.475. The van der Waals surface area contributed by atoms with Crippen molar-refractivity contribution in [3.05, 3.63) is 36.2 Å². The van der Waals surface area contributed by atoms with Crippen LogP contribution in [-0.4, -0.2) is 14.7 Å². The van der Waals surface area contributed by atoms with E-state index in [0.717, 1.165) is 17.1 Å². The average molecular weight is 216 g/mol. The summed E-state index contributed by atoms with van der Waals surface area (Å²) in [6.07, 6.45) is 2.03. The first-order chi connectivity index (χ1) is 7.58. The lowest BCUT2D eigenvalue weighted by atomic mass is 10.2. The maximum atomic E-state index is 9.47. The van der Waals surface area contributed by atoms with Crippen molar-refractivity contribution in [2.45, 2.75) is 26.8 Å². The molecule has 1 N–H and O–H groups in total. The topological polar surface area (TPSA) is 38.0 Å². The molecule has 0 fully saturated rings. The van der Waals surface area contributed by atoms with E-state index in [1.165, 1.54) is 0 Å². The molecule has 0 aliphatic heterocycles. The average Bonchev–Trinajstić information content (AvgIpc) is 2.60. The fourth-order valence-electron chi connectivity index (χ4n) is 1.77. The van der Waals surface area contributed by atoms with E-state index in [1.54, 1.807) is 12.1 Å². The van der Waals surface area contributed by atoms with Gasteiger partial charge in [-0.15, -0.1) is 0 Å². The second kappa shape index (κ2) is 4.00. The fourth-order valence-corrected chi connectivity index (χ4v) is 1.77. The molecule has 0 atom stereocenters. The summed E-state index contributed by atoms with van der Waals surface area (Å²) in [5.41, 5.74) is 1.94. The van der Waals surface area contributed by atoms with Gasteiger partial charge in [0.05, 0.1) is 5.69 Å². The summed E-state index contributed by atoms with van der Waals surface area (Å²) in [5, 5.41) is 9.47. The Bertz CT molecular complexity index is 500. The normalized spacial score (nSPS) is 11.0. The Balaban J connectivity index is 2.55. The van der Waals surface area contributed by atoms with Crippen molar-refractivity contribution in [2.24, 2.45) is 0 Å². The van der Waals surface area contributed by atoms with E-state index < -0.39 is 0 Å². The van der Waals surface area contributed by atoms with E-state index in [9.17, 15) is 5.11 Å². The van der Waals surface area contributed by atoms with Crippen molar-refractivity contribution in [1.82, 2.24) is 9.55 Å². The molecule has 0 bridgehead atoms. The first kappa shape index (κ1) is 10.7. The number of imidazole rings is 1. The highest BCUT2D eigenvalue weighted by Gasteiger charge is 2.10. The van der Waals surface area contributed by atoms with Crippen LogP contribution in [-0.2, 0) is 0 Å². The third kappa shape index (κ3) is 1.94. The highest BCUT2D eigenvalue weighted by atomic mass is 16.3. The molecule has 0 aliphatic carbocycles. The van der Waals surface area contributed by atoms with Crippen LogP contribution in [0.15, 0.2) is 30.5 Å². The molecule has 0 spiro atoms. The van der Waals surface area contributed by atoms with Crippen molar-refractivity contribution in [2.75, 3.05) is 0 Å². The van der Waals surface area contributed by atoms with Crippen molar-refractivity contribution >= 4 is 0 Å². The SMILES string of the molecule is Cc1cn(C(C)C)c(-c2cccc(O)c2)n1. The minimum atomic E-state index is 0.272. The first-order valence-corrected chi connectivity index (χ1v) is 5.43. The van der Waals surface area contributed by atoms with E-state index >= 15 is 0 Å². The Labute approximate surface area is 95.4 Å². The lowest BCUT2D eigenvalue weighted by Gasteiger charge is -2.11. The summed E-state index contributed by atoms with van der Waals surface area (Å²) < 4.78 is 2.12. The molecule has 1 aromatic carbocycles. The van der Waals surface area contributed by atoms with Crippen LogP contribution in [0.3, 0.4) is 0 Å². The van der Waals surface area contributed by atoms with Gasteiger partial charge in [0.25, 0.3) is 0 Å². The molecule has 16 heavy (non-hydrogen) atoms. The van der Waals surface area contributed by atoms with Crippen molar-refractivity contribution in [3.8, 4) is 17.1 Å². The van der Waals surface area contributed by atoms with Gasteiger partial charge in [0.1, 0.15) is 11.6 Å². The summed E-state index contributed by atoms with van der Waals surface area (Å²) in [6, 6.07) is 7.55. The molecule has 2 aromatic rings. The molecule has 3 heteroatoms. The highest BCUT2D eigenvalue weighted by Crippen LogP contribution is 2.25. The standard InChI is InChI=1S/C13H16N2O/c1-9(2)15-8-10(3)14-13(15)11-5-4-6-12(16)7-11/h4-9,16H,1-3H3. The molecule has 1 aromatic heterocycles. The predicted molar refractivity (Wildman–Crippen MR) is 64.4 cm³/mol. The maximum Gasteiger partial charge on any atom is 0.140 e. The lowest BCUT2D eigenvalue weighted by Crippen LogP contribution is -2.01. The number of phenolic OH excluding ortho intramolecular Hbond substituents is 1. The van der Waals surface area contributed by atoms with Crippen molar-refractivity contribution < 1.29 is 5.11 Å². The molecule has 1 heterocycles. The van der Waals surface area contributed by atoms with Gasteiger partial charge in [-0.05, 0) is 32.9 Å². The van der Waals surface area contributed by atoms with Gasteiger partial charge in [-0.1, -0.05) is 12.1 Å². The van der Waals surface area contributed by atoms with Gasteiger partial charge >= 0.3 is 0 Å². The van der Waals surface area contributed by atoms with Crippen LogP contribution >= 0.6 is 0 Å². The maximum absolute atomic E-state index is 9.47. The molecule has 0 saturated carbocycles. The quantitative estimate of drug-likeness (QED) is 0.837. The zero-order valence-electron chi connectivity index (χ0n) is 9.81. The number of benzene rings is 1. The van der Waals surface area contributed by atoms with E-state index in [2.05, 4.69) is 23.4 Å². The summed E-state index contributed by atoms with van der Waals surface area (Å²) in [4.78, 5) is 4.50. The molecule has 0 saturated heterocycles. The molecule has 0 aliphatic rings. The number of aromatic hydroxyl groups is 1. The van der Waals surface area contributed by atoms with Gasteiger partial charge in [0.15, 0.2) is 0 Å². The molecule has 0 radical (unpaired) electrons. The van der Waals surface area contributed by atoms with Crippen LogP contribution in [0.25, 0.3) is 11.4 Å². The second-order valence-corrected chi connectivity index (χ2v) is 4.26. The molecular formula is C13H16N2O. The Morgan fingerprint density at radius 3 is 2.69 bits per heavy atom. The first-order valence-electron chi connectivity index (χ1n) is 5.43. The van der Waals surface area contributed by atoms with E-state index in [0.29, 0.717) is 6.04 Å². The van der Waals surface area contributed by atoms with E-state index in [1.807, 2.05) is 25.3 Å². The largest absolute Gasteiger partial charge is 0.508 e. The van der Waals surface area contributed by atoms with Crippen LogP contribution < -0.4 is 0 Å². The number of hydrogen-bond donors (Lipinski definition) is 1. The van der Waals surface area contributed by atoms with Crippen LogP contribution in [0.5, 0.6) is 5.75 Å². The summed E-state index contributed by atoms with van der Waals surface area (Å²) in [6.45, 7) is 6.21. The molecule has 0 amide bonds. The summed E-state index contributed by atoms with van der Waals surface area (Å²) in [7, 11) is 0. The monoisotopic (exact) mass is 216 g/mol. The van der Waals surface area contributed by atoms with Gasteiger partial charge < -0.3 is 9.67 Å². The summed E-state index contributed by atoms with van der Waals surface area (Å²) >= 11 is 0. The Morgan fingerprint density at radius 2 is 2.06 bits per heavy atom. The molecule has 3 nitrogen and oxygen atoms in total. The van der Waals surface area contributed by atoms with Gasteiger partial charge in [-0.2, -0.15) is 0 Å². The van der Waals surface area contributed by atoms with Crippen LogP contribution in [0.4, 0.5) is 0 Å². The summed E-state index contributed by atoms with van der Waals surface area (Å²) in [5.74, 6) is 1.18. The third-order valence-electron chi connectivity index (χ3n) is 2.51. The van der Waals surface area contributed by atoms with E-state index in [-0.39, 0.29) is 5.75 Å². The molecule has 2 rings (SSSR count). The number of nitrogens with zero attached hydrogens (tertiary/aromatic N) is 2.